The van der Waals surface area contributed by atoms with Gasteiger partial charge in [0.2, 0.25) is 0 Å². The molecule has 0 saturated carbocycles. The molecule has 290 valence electrons. The van der Waals surface area contributed by atoms with E-state index < -0.39 is 6.10 Å². The molecule has 0 spiro atoms. The highest BCUT2D eigenvalue weighted by atomic mass is 16.6. The maximum Gasteiger partial charge on any atom is 0.306 e. The monoisotopic (exact) mass is 695 g/mol. The number of ether oxygens (including phenoxy) is 3. The molecule has 6 nitrogen and oxygen atoms in total. The van der Waals surface area contributed by atoms with Crippen LogP contribution in [-0.4, -0.2) is 37.2 Å². The molecule has 0 rings (SSSR count). The predicted octanol–water partition coefficient (Wildman–Crippen LogP) is 13.0. The van der Waals surface area contributed by atoms with Crippen LogP contribution in [0.25, 0.3) is 0 Å². The second-order valence-electron chi connectivity index (χ2n) is 15.6. The van der Waals surface area contributed by atoms with Crippen LogP contribution in [0.2, 0.25) is 0 Å². The van der Waals surface area contributed by atoms with Gasteiger partial charge in [0.05, 0.1) is 0 Å². The molecule has 0 aromatic carbocycles. The van der Waals surface area contributed by atoms with Crippen LogP contribution in [0, 0.1) is 11.8 Å². The molecule has 1 atom stereocenters. The third kappa shape index (κ3) is 37.5. The highest BCUT2D eigenvalue weighted by molar-refractivity contribution is 5.71. The Bertz CT molecular complexity index is 749. The number of unbranched alkanes of at least 4 members (excludes halogenated alkanes) is 22. The standard InChI is InChI=1S/C43H82O6/c1-6-7-8-9-10-11-12-13-17-23-28-33-41(44)47-36-40(37-48-42(45)34-29-24-20-19-22-27-32-39(4)5)49-43(46)35-30-25-18-15-14-16-21-26-31-38(2)3/h38-40H,6-37H2,1-5H3/t40-/m1/s1. The molecule has 0 bridgehead atoms. The second kappa shape index (κ2) is 36.2. The van der Waals surface area contributed by atoms with Crippen molar-refractivity contribution >= 4 is 17.9 Å². The van der Waals surface area contributed by atoms with Crippen molar-refractivity contribution in [2.24, 2.45) is 11.8 Å². The minimum Gasteiger partial charge on any atom is -0.462 e. The average Bonchev–Trinajstić information content (AvgIpc) is 3.06. The molecular formula is C43H82O6. The van der Waals surface area contributed by atoms with E-state index in [0.717, 1.165) is 69.6 Å². The molecule has 0 aliphatic carbocycles. The van der Waals surface area contributed by atoms with E-state index in [2.05, 4.69) is 34.6 Å². The van der Waals surface area contributed by atoms with Gasteiger partial charge in [-0.3, -0.25) is 14.4 Å². The number of esters is 3. The topological polar surface area (TPSA) is 78.9 Å². The Kier molecular flexibility index (Phi) is 35.0. The number of hydrogen-bond acceptors (Lipinski definition) is 6. The van der Waals surface area contributed by atoms with Gasteiger partial charge in [0.25, 0.3) is 0 Å². The smallest absolute Gasteiger partial charge is 0.306 e. The Labute approximate surface area is 304 Å². The Hall–Kier alpha value is -1.59. The summed E-state index contributed by atoms with van der Waals surface area (Å²) in [6.45, 7) is 11.2. The van der Waals surface area contributed by atoms with Gasteiger partial charge in [-0.15, -0.1) is 0 Å². The summed E-state index contributed by atoms with van der Waals surface area (Å²) in [6.07, 6.45) is 32.5. The van der Waals surface area contributed by atoms with Crippen molar-refractivity contribution in [2.45, 2.75) is 233 Å². The van der Waals surface area contributed by atoms with E-state index in [-0.39, 0.29) is 31.1 Å². The van der Waals surface area contributed by atoms with Crippen molar-refractivity contribution in [3.05, 3.63) is 0 Å². The lowest BCUT2D eigenvalue weighted by Gasteiger charge is -2.18. The molecule has 0 unspecified atom stereocenters. The van der Waals surface area contributed by atoms with E-state index in [1.165, 1.54) is 116 Å². The van der Waals surface area contributed by atoms with E-state index >= 15 is 0 Å². The normalized spacial score (nSPS) is 12.1. The third-order valence-corrected chi connectivity index (χ3v) is 9.47. The first-order chi connectivity index (χ1) is 23.7. The summed E-state index contributed by atoms with van der Waals surface area (Å²) >= 11 is 0. The van der Waals surface area contributed by atoms with Crippen LogP contribution < -0.4 is 0 Å². The van der Waals surface area contributed by atoms with E-state index in [1.807, 2.05) is 0 Å². The molecule has 49 heavy (non-hydrogen) atoms. The van der Waals surface area contributed by atoms with Crippen LogP contribution in [0.5, 0.6) is 0 Å². The summed E-state index contributed by atoms with van der Waals surface area (Å²) in [5, 5.41) is 0. The first-order valence-corrected chi connectivity index (χ1v) is 21.2. The zero-order valence-electron chi connectivity index (χ0n) is 33.3. The predicted molar refractivity (Wildman–Crippen MR) is 206 cm³/mol. The molecular weight excluding hydrogens is 612 g/mol. The summed E-state index contributed by atoms with van der Waals surface area (Å²) in [5.41, 5.74) is 0. The van der Waals surface area contributed by atoms with E-state index in [9.17, 15) is 14.4 Å². The Morgan fingerprint density at radius 1 is 0.388 bits per heavy atom. The van der Waals surface area contributed by atoms with Gasteiger partial charge in [-0.05, 0) is 31.1 Å². The first-order valence-electron chi connectivity index (χ1n) is 21.2. The minimum absolute atomic E-state index is 0.0664. The summed E-state index contributed by atoms with van der Waals surface area (Å²) in [6, 6.07) is 0. The summed E-state index contributed by atoms with van der Waals surface area (Å²) in [7, 11) is 0. The lowest BCUT2D eigenvalue weighted by Crippen LogP contribution is -2.30. The van der Waals surface area contributed by atoms with Crippen LogP contribution >= 0.6 is 0 Å². The van der Waals surface area contributed by atoms with Crippen LogP contribution in [0.3, 0.4) is 0 Å². The lowest BCUT2D eigenvalue weighted by atomic mass is 10.0. The van der Waals surface area contributed by atoms with Crippen molar-refractivity contribution in [2.75, 3.05) is 13.2 Å². The minimum atomic E-state index is -0.760. The van der Waals surface area contributed by atoms with Gasteiger partial charge in [0, 0.05) is 19.3 Å². The first kappa shape index (κ1) is 47.4. The highest BCUT2D eigenvalue weighted by Gasteiger charge is 2.19. The zero-order chi connectivity index (χ0) is 36.2. The van der Waals surface area contributed by atoms with Crippen molar-refractivity contribution in [1.82, 2.24) is 0 Å². The molecule has 0 saturated heterocycles. The molecule has 0 fully saturated rings. The maximum absolute atomic E-state index is 12.6. The van der Waals surface area contributed by atoms with Gasteiger partial charge in [0.15, 0.2) is 6.10 Å². The van der Waals surface area contributed by atoms with Crippen molar-refractivity contribution in [3.8, 4) is 0 Å². The average molecular weight is 695 g/mol. The molecule has 0 radical (unpaired) electrons. The maximum atomic E-state index is 12.6. The van der Waals surface area contributed by atoms with Crippen LogP contribution in [0.15, 0.2) is 0 Å². The van der Waals surface area contributed by atoms with Crippen LogP contribution in [0.4, 0.5) is 0 Å². The van der Waals surface area contributed by atoms with Gasteiger partial charge >= 0.3 is 17.9 Å². The fourth-order valence-corrected chi connectivity index (χ4v) is 6.22. The van der Waals surface area contributed by atoms with Crippen LogP contribution in [0.1, 0.15) is 227 Å². The second-order valence-corrected chi connectivity index (χ2v) is 15.6. The zero-order valence-corrected chi connectivity index (χ0v) is 33.3. The summed E-state index contributed by atoms with van der Waals surface area (Å²) in [5.74, 6) is 0.688. The van der Waals surface area contributed by atoms with E-state index in [4.69, 9.17) is 14.2 Å². The Morgan fingerprint density at radius 2 is 0.673 bits per heavy atom. The fourth-order valence-electron chi connectivity index (χ4n) is 6.22. The highest BCUT2D eigenvalue weighted by Crippen LogP contribution is 2.16. The molecule has 0 N–H and O–H groups in total. The molecule has 0 aliphatic rings. The summed E-state index contributed by atoms with van der Waals surface area (Å²) < 4.78 is 16.6. The Morgan fingerprint density at radius 3 is 1.00 bits per heavy atom. The third-order valence-electron chi connectivity index (χ3n) is 9.47. The fraction of sp³-hybridized carbons (Fsp3) is 0.930. The van der Waals surface area contributed by atoms with Crippen molar-refractivity contribution in [3.63, 3.8) is 0 Å². The molecule has 0 aliphatic heterocycles. The molecule has 0 heterocycles. The van der Waals surface area contributed by atoms with Gasteiger partial charge < -0.3 is 14.2 Å². The molecule has 0 aromatic rings. The number of rotatable bonds is 37. The quantitative estimate of drug-likeness (QED) is 0.0366. The lowest BCUT2D eigenvalue weighted by molar-refractivity contribution is -0.167. The van der Waals surface area contributed by atoms with Crippen LogP contribution in [-0.2, 0) is 28.6 Å². The largest absolute Gasteiger partial charge is 0.462 e. The molecule has 6 heteroatoms. The Balaban J connectivity index is 4.35. The van der Waals surface area contributed by atoms with E-state index in [1.54, 1.807) is 0 Å². The SMILES string of the molecule is CCCCCCCCCCCCCC(=O)OC[C@H](COC(=O)CCCCCCCCC(C)C)OC(=O)CCCCCCCCCCC(C)C. The van der Waals surface area contributed by atoms with Gasteiger partial charge in [-0.25, -0.2) is 0 Å². The number of hydrogen-bond donors (Lipinski definition) is 0. The van der Waals surface area contributed by atoms with Gasteiger partial charge in [-0.2, -0.15) is 0 Å². The number of carbonyl (C=O) groups is 3. The van der Waals surface area contributed by atoms with Gasteiger partial charge in [-0.1, -0.05) is 189 Å². The molecule has 0 amide bonds. The van der Waals surface area contributed by atoms with E-state index in [0.29, 0.717) is 19.3 Å². The number of carbonyl (C=O) groups excluding carboxylic acids is 3. The van der Waals surface area contributed by atoms with Crippen molar-refractivity contribution < 1.29 is 28.6 Å². The summed E-state index contributed by atoms with van der Waals surface area (Å²) in [4.78, 5) is 37.5. The van der Waals surface area contributed by atoms with Gasteiger partial charge in [0.1, 0.15) is 13.2 Å². The molecule has 0 aromatic heterocycles. The van der Waals surface area contributed by atoms with Crippen molar-refractivity contribution in [1.29, 1.82) is 0 Å².